The first-order valence-electron chi connectivity index (χ1n) is 4.72. The minimum atomic E-state index is 0.112. The van der Waals surface area contributed by atoms with Crippen LogP contribution in [0.4, 0.5) is 0 Å². The third-order valence-electron chi connectivity index (χ3n) is 2.04. The van der Waals surface area contributed by atoms with E-state index in [1.807, 2.05) is 6.92 Å². The van der Waals surface area contributed by atoms with Crippen LogP contribution in [0.15, 0.2) is 0 Å². The van der Waals surface area contributed by atoms with Gasteiger partial charge in [0, 0.05) is 19.8 Å². The minimum absolute atomic E-state index is 0.112. The lowest BCUT2D eigenvalue weighted by Crippen LogP contribution is -2.30. The molecule has 0 amide bonds. The van der Waals surface area contributed by atoms with Gasteiger partial charge in [0.25, 0.3) is 0 Å². The van der Waals surface area contributed by atoms with E-state index in [-0.39, 0.29) is 6.04 Å². The molecule has 1 heterocycles. The van der Waals surface area contributed by atoms with Crippen molar-refractivity contribution in [3.05, 3.63) is 5.82 Å². The topological polar surface area (TPSA) is 75.7 Å². The number of aromatic nitrogens is 4. The van der Waals surface area contributed by atoms with Crippen LogP contribution in [0.3, 0.4) is 0 Å². The number of tetrazole rings is 1. The fourth-order valence-corrected chi connectivity index (χ4v) is 1.23. The van der Waals surface area contributed by atoms with E-state index in [4.69, 9.17) is 4.74 Å². The van der Waals surface area contributed by atoms with Crippen LogP contribution in [-0.2, 0) is 4.74 Å². The van der Waals surface area contributed by atoms with Crippen molar-refractivity contribution in [2.45, 2.75) is 32.4 Å². The van der Waals surface area contributed by atoms with Crippen LogP contribution in [0, 0.1) is 0 Å². The third-order valence-corrected chi connectivity index (χ3v) is 2.04. The predicted octanol–water partition coefficient (Wildman–Crippen LogP) is 0.275. The van der Waals surface area contributed by atoms with Gasteiger partial charge in [0.2, 0.25) is 0 Å². The second-order valence-corrected chi connectivity index (χ2v) is 3.34. The van der Waals surface area contributed by atoms with Crippen molar-refractivity contribution in [1.29, 1.82) is 0 Å². The molecule has 0 fully saturated rings. The average Bonchev–Trinajstić information content (AvgIpc) is 2.67. The highest BCUT2D eigenvalue weighted by molar-refractivity contribution is 4.86. The second kappa shape index (κ2) is 5.66. The lowest BCUT2D eigenvalue weighted by molar-refractivity contribution is 0.183. The van der Waals surface area contributed by atoms with E-state index in [9.17, 15) is 0 Å². The van der Waals surface area contributed by atoms with Crippen molar-refractivity contribution in [3.63, 3.8) is 0 Å². The molecule has 2 atom stereocenters. The largest absolute Gasteiger partial charge is 0.385 e. The number of methoxy groups -OCH3 is 1. The molecular formula is C8H17N5O. The van der Waals surface area contributed by atoms with Crippen LogP contribution in [-0.4, -0.2) is 40.4 Å². The van der Waals surface area contributed by atoms with Crippen LogP contribution in [0.5, 0.6) is 0 Å². The Labute approximate surface area is 83.4 Å². The van der Waals surface area contributed by atoms with E-state index < -0.39 is 0 Å². The molecule has 0 radical (unpaired) electrons. The van der Waals surface area contributed by atoms with Gasteiger partial charge in [-0.2, -0.15) is 5.21 Å². The number of nitrogens with zero attached hydrogens (tertiary/aromatic N) is 3. The van der Waals surface area contributed by atoms with Crippen LogP contribution in [0.2, 0.25) is 0 Å². The number of hydrogen-bond acceptors (Lipinski definition) is 5. The van der Waals surface area contributed by atoms with E-state index in [0.717, 1.165) is 13.0 Å². The molecule has 0 saturated carbocycles. The fourth-order valence-electron chi connectivity index (χ4n) is 1.23. The van der Waals surface area contributed by atoms with Crippen molar-refractivity contribution in [2.75, 3.05) is 13.7 Å². The number of rotatable bonds is 6. The first-order chi connectivity index (χ1) is 6.74. The Morgan fingerprint density at radius 1 is 1.50 bits per heavy atom. The van der Waals surface area contributed by atoms with Crippen LogP contribution >= 0.6 is 0 Å². The summed E-state index contributed by atoms with van der Waals surface area (Å²) >= 11 is 0. The summed E-state index contributed by atoms with van der Waals surface area (Å²) < 4.78 is 4.99. The van der Waals surface area contributed by atoms with Gasteiger partial charge in [0.05, 0.1) is 6.04 Å². The third kappa shape index (κ3) is 3.39. The zero-order valence-corrected chi connectivity index (χ0v) is 8.82. The van der Waals surface area contributed by atoms with Crippen molar-refractivity contribution in [2.24, 2.45) is 0 Å². The Morgan fingerprint density at radius 2 is 2.29 bits per heavy atom. The van der Waals surface area contributed by atoms with Gasteiger partial charge in [-0.05, 0) is 20.3 Å². The molecule has 0 aliphatic rings. The van der Waals surface area contributed by atoms with Crippen molar-refractivity contribution < 1.29 is 4.74 Å². The molecule has 80 valence electrons. The van der Waals surface area contributed by atoms with Gasteiger partial charge in [-0.1, -0.05) is 5.21 Å². The van der Waals surface area contributed by atoms with Crippen LogP contribution < -0.4 is 5.32 Å². The van der Waals surface area contributed by atoms with Gasteiger partial charge in [-0.3, -0.25) is 0 Å². The first kappa shape index (κ1) is 11.1. The Hall–Kier alpha value is -1.01. The molecule has 6 nitrogen and oxygen atoms in total. The smallest absolute Gasteiger partial charge is 0.191 e. The van der Waals surface area contributed by atoms with Gasteiger partial charge in [-0.25, -0.2) is 0 Å². The fraction of sp³-hybridized carbons (Fsp3) is 0.875. The molecule has 1 aromatic heterocycles. The van der Waals surface area contributed by atoms with Crippen LogP contribution in [0.1, 0.15) is 32.1 Å². The Balaban J connectivity index is 2.29. The number of aromatic amines is 1. The Bertz CT molecular complexity index is 238. The molecule has 14 heavy (non-hydrogen) atoms. The van der Waals surface area contributed by atoms with Crippen LogP contribution in [0.25, 0.3) is 0 Å². The lowest BCUT2D eigenvalue weighted by atomic mass is 10.2. The second-order valence-electron chi connectivity index (χ2n) is 3.34. The molecule has 0 aliphatic heterocycles. The van der Waals surface area contributed by atoms with E-state index in [1.165, 1.54) is 0 Å². The maximum atomic E-state index is 4.99. The summed E-state index contributed by atoms with van der Waals surface area (Å²) in [6.07, 6.45) is 0.971. The zero-order valence-electron chi connectivity index (χ0n) is 8.82. The number of H-pyrrole nitrogens is 1. The molecular weight excluding hydrogens is 182 g/mol. The van der Waals surface area contributed by atoms with Gasteiger partial charge < -0.3 is 10.1 Å². The van der Waals surface area contributed by atoms with E-state index in [2.05, 4.69) is 32.9 Å². The summed E-state index contributed by atoms with van der Waals surface area (Å²) in [4.78, 5) is 0. The maximum absolute atomic E-state index is 4.99. The van der Waals surface area contributed by atoms with Gasteiger partial charge in [0.1, 0.15) is 0 Å². The Morgan fingerprint density at radius 3 is 2.86 bits per heavy atom. The van der Waals surface area contributed by atoms with Gasteiger partial charge in [0.15, 0.2) is 5.82 Å². The summed E-state index contributed by atoms with van der Waals surface area (Å²) in [5, 5.41) is 17.1. The van der Waals surface area contributed by atoms with E-state index in [0.29, 0.717) is 11.9 Å². The van der Waals surface area contributed by atoms with Crippen molar-refractivity contribution >= 4 is 0 Å². The molecule has 0 spiro atoms. The van der Waals surface area contributed by atoms with Crippen molar-refractivity contribution in [3.8, 4) is 0 Å². The molecule has 1 rings (SSSR count). The average molecular weight is 199 g/mol. The summed E-state index contributed by atoms with van der Waals surface area (Å²) in [7, 11) is 1.70. The summed E-state index contributed by atoms with van der Waals surface area (Å²) in [5.41, 5.74) is 0. The predicted molar refractivity (Wildman–Crippen MR) is 51.7 cm³/mol. The normalized spacial score (nSPS) is 15.4. The maximum Gasteiger partial charge on any atom is 0.191 e. The Kier molecular flexibility index (Phi) is 4.48. The highest BCUT2D eigenvalue weighted by Gasteiger charge is 2.12. The molecule has 1 aromatic rings. The summed E-state index contributed by atoms with van der Waals surface area (Å²) in [5.74, 6) is 0.689. The number of ether oxygens (including phenoxy) is 1. The standard InChI is InChI=1S/C8H17N5O/c1-6(4-5-14-3)9-7(2)8-10-12-13-11-8/h6-7,9H,4-5H2,1-3H3,(H,10,11,12,13). The highest BCUT2D eigenvalue weighted by Crippen LogP contribution is 2.05. The number of hydrogen-bond donors (Lipinski definition) is 2. The van der Waals surface area contributed by atoms with E-state index >= 15 is 0 Å². The SMILES string of the molecule is COCCC(C)NC(C)c1nn[nH]n1. The monoisotopic (exact) mass is 199 g/mol. The molecule has 6 heteroatoms. The summed E-state index contributed by atoms with van der Waals surface area (Å²) in [6, 6.07) is 0.490. The highest BCUT2D eigenvalue weighted by atomic mass is 16.5. The molecule has 0 saturated heterocycles. The molecule has 0 bridgehead atoms. The minimum Gasteiger partial charge on any atom is -0.385 e. The van der Waals surface area contributed by atoms with Gasteiger partial charge in [-0.15, -0.1) is 10.2 Å². The zero-order chi connectivity index (χ0) is 10.4. The lowest BCUT2D eigenvalue weighted by Gasteiger charge is -2.16. The van der Waals surface area contributed by atoms with Crippen molar-refractivity contribution in [1.82, 2.24) is 25.9 Å². The molecule has 0 aliphatic carbocycles. The first-order valence-corrected chi connectivity index (χ1v) is 4.72. The quantitative estimate of drug-likeness (QED) is 0.688. The van der Waals surface area contributed by atoms with Gasteiger partial charge >= 0.3 is 0 Å². The molecule has 0 aromatic carbocycles. The molecule has 2 unspecified atom stereocenters. The molecule has 2 N–H and O–H groups in total. The summed E-state index contributed by atoms with van der Waals surface area (Å²) in [6.45, 7) is 4.87. The number of nitrogens with one attached hydrogen (secondary N) is 2. The van der Waals surface area contributed by atoms with E-state index in [1.54, 1.807) is 7.11 Å².